The first-order valence-corrected chi connectivity index (χ1v) is 11.7. The molecule has 34 heavy (non-hydrogen) atoms. The Morgan fingerprint density at radius 2 is 2.00 bits per heavy atom. The first-order valence-electron chi connectivity index (χ1n) is 10.9. The maximum atomic E-state index is 14.6. The number of nitrogens with one attached hydrogen (secondary N) is 3. The van der Waals surface area contributed by atoms with Gasteiger partial charge in [0, 0.05) is 16.6 Å². The zero-order valence-corrected chi connectivity index (χ0v) is 18.7. The zero-order valence-electron chi connectivity index (χ0n) is 17.8. The molecule has 1 amide bonds. The van der Waals surface area contributed by atoms with Gasteiger partial charge in [0.1, 0.15) is 23.6 Å². The maximum Gasteiger partial charge on any atom is 0.287 e. The van der Waals surface area contributed by atoms with Gasteiger partial charge >= 0.3 is 0 Å². The molecule has 0 radical (unpaired) electrons. The summed E-state index contributed by atoms with van der Waals surface area (Å²) in [5.41, 5.74) is 2.07. The Kier molecular flexibility index (Phi) is 4.95. The van der Waals surface area contributed by atoms with Crippen molar-refractivity contribution in [3.05, 3.63) is 80.4 Å². The molecule has 6 rings (SSSR count). The largest absolute Gasteiger partial charge is 0.336 e. The van der Waals surface area contributed by atoms with Crippen LogP contribution >= 0.6 is 11.3 Å². The highest BCUT2D eigenvalue weighted by Gasteiger charge is 2.39. The molecule has 1 fully saturated rings. The van der Waals surface area contributed by atoms with E-state index in [1.54, 1.807) is 18.3 Å². The van der Waals surface area contributed by atoms with E-state index in [9.17, 15) is 14.0 Å². The molecule has 1 saturated carbocycles. The second-order valence-electron chi connectivity index (χ2n) is 8.50. The minimum Gasteiger partial charge on any atom is -0.336 e. The normalized spacial score (nSPS) is 18.0. The van der Waals surface area contributed by atoms with Gasteiger partial charge in [-0.1, -0.05) is 0 Å². The lowest BCUT2D eigenvalue weighted by molar-refractivity contribution is 0.103. The van der Waals surface area contributed by atoms with E-state index in [1.165, 1.54) is 65.6 Å². The molecular weight excluding hydrogens is 455 g/mol. The van der Waals surface area contributed by atoms with Crippen LogP contribution in [0.2, 0.25) is 0 Å². The summed E-state index contributed by atoms with van der Waals surface area (Å²) < 4.78 is 14.6. The SMILES string of the molecule is O=C(Nc1cc(-c2cc(Nc3ccncn3)c(=O)[nH]n2)ccc1F)c1cc2c(s1)[C@@H]1CC[C@H]2C1. The van der Waals surface area contributed by atoms with Crippen molar-refractivity contribution in [2.45, 2.75) is 31.1 Å². The van der Waals surface area contributed by atoms with Crippen molar-refractivity contribution in [1.29, 1.82) is 0 Å². The summed E-state index contributed by atoms with van der Waals surface area (Å²) in [5.74, 6) is 0.707. The number of nitrogens with zero attached hydrogens (tertiary/aromatic N) is 3. The summed E-state index contributed by atoms with van der Waals surface area (Å²) >= 11 is 1.52. The van der Waals surface area contributed by atoms with Crippen LogP contribution in [0, 0.1) is 5.82 Å². The van der Waals surface area contributed by atoms with E-state index in [4.69, 9.17) is 0 Å². The molecule has 4 aromatic rings. The lowest BCUT2D eigenvalue weighted by Crippen LogP contribution is -2.14. The van der Waals surface area contributed by atoms with Crippen LogP contribution in [0.5, 0.6) is 0 Å². The van der Waals surface area contributed by atoms with E-state index in [2.05, 4.69) is 30.8 Å². The number of hydrogen-bond donors (Lipinski definition) is 3. The number of thiophene rings is 1. The molecule has 8 nitrogen and oxygen atoms in total. The maximum absolute atomic E-state index is 14.6. The van der Waals surface area contributed by atoms with Gasteiger partial charge in [-0.05, 0) is 73.1 Å². The number of aromatic nitrogens is 4. The van der Waals surface area contributed by atoms with Crippen LogP contribution in [0.3, 0.4) is 0 Å². The van der Waals surface area contributed by atoms with Gasteiger partial charge in [-0.25, -0.2) is 19.5 Å². The summed E-state index contributed by atoms with van der Waals surface area (Å²) in [6.07, 6.45) is 6.48. The summed E-state index contributed by atoms with van der Waals surface area (Å²) in [5, 5.41) is 12.1. The molecule has 0 saturated heterocycles. The van der Waals surface area contributed by atoms with Crippen molar-refractivity contribution < 1.29 is 9.18 Å². The summed E-state index contributed by atoms with van der Waals surface area (Å²) in [6.45, 7) is 0. The molecule has 0 aliphatic heterocycles. The Morgan fingerprint density at radius 1 is 1.12 bits per heavy atom. The highest BCUT2D eigenvalue weighted by Crippen LogP contribution is 2.55. The van der Waals surface area contributed by atoms with Crippen LogP contribution in [0.1, 0.15) is 51.2 Å². The fourth-order valence-electron chi connectivity index (χ4n) is 4.78. The Hall–Kier alpha value is -3.92. The minimum atomic E-state index is -0.551. The van der Waals surface area contributed by atoms with E-state index in [0.717, 1.165) is 0 Å². The van der Waals surface area contributed by atoms with Crippen LogP contribution < -0.4 is 16.2 Å². The smallest absolute Gasteiger partial charge is 0.287 e. The number of rotatable bonds is 5. The van der Waals surface area contributed by atoms with Crippen LogP contribution in [0.4, 0.5) is 21.6 Å². The number of aromatic amines is 1. The molecule has 1 aromatic carbocycles. The molecule has 3 aromatic heterocycles. The Labute approximate surface area is 197 Å². The average Bonchev–Trinajstić information content (AvgIpc) is 3.57. The number of halogens is 1. The molecule has 2 aliphatic carbocycles. The molecule has 10 heteroatoms. The van der Waals surface area contributed by atoms with Gasteiger partial charge in [-0.15, -0.1) is 11.3 Å². The van der Waals surface area contributed by atoms with E-state index >= 15 is 0 Å². The van der Waals surface area contributed by atoms with Crippen LogP contribution in [0.15, 0.2) is 53.7 Å². The van der Waals surface area contributed by atoms with Crippen molar-refractivity contribution in [3.8, 4) is 11.3 Å². The number of carbonyl (C=O) groups excluding carboxylic acids is 1. The Bertz CT molecular complexity index is 1440. The first kappa shape index (κ1) is 20.7. The zero-order chi connectivity index (χ0) is 23.2. The van der Waals surface area contributed by atoms with Crippen LogP contribution in [-0.4, -0.2) is 26.1 Å². The average molecular weight is 475 g/mol. The minimum absolute atomic E-state index is 0.0531. The molecule has 2 aliphatic rings. The summed E-state index contributed by atoms with van der Waals surface area (Å²) in [4.78, 5) is 34.9. The fourth-order valence-corrected chi connectivity index (χ4v) is 6.08. The molecular formula is C24H19FN6O2S. The number of fused-ring (bicyclic) bond motifs is 5. The fraction of sp³-hybridized carbons (Fsp3) is 0.208. The highest BCUT2D eigenvalue weighted by molar-refractivity contribution is 7.14. The molecule has 2 bridgehead atoms. The standard InChI is InChI=1S/C24H19FN6O2S/c25-16-4-3-13(17-10-19(23(32)31-30-17)28-21-5-6-26-11-27-21)8-18(16)29-24(33)20-9-15-12-1-2-14(7-12)22(15)34-20/h3-6,8-12,14H,1-2,7H2,(H,29,33)(H,31,32)(H,26,27,28,30)/t12-,14+/m0/s1. The Morgan fingerprint density at radius 3 is 2.82 bits per heavy atom. The number of carbonyl (C=O) groups is 1. The highest BCUT2D eigenvalue weighted by atomic mass is 32.1. The van der Waals surface area contributed by atoms with Gasteiger partial charge in [0.15, 0.2) is 0 Å². The number of anilines is 3. The second kappa shape index (κ2) is 8.14. The van der Waals surface area contributed by atoms with Gasteiger partial charge in [-0.3, -0.25) is 9.59 Å². The van der Waals surface area contributed by atoms with Gasteiger partial charge in [-0.2, -0.15) is 5.10 Å². The molecule has 170 valence electrons. The Balaban J connectivity index is 1.26. The van der Waals surface area contributed by atoms with Crippen LogP contribution in [0.25, 0.3) is 11.3 Å². The third kappa shape index (κ3) is 3.65. The number of benzene rings is 1. The molecule has 2 atom stereocenters. The third-order valence-corrected chi connectivity index (χ3v) is 7.73. The van der Waals surface area contributed by atoms with E-state index in [1.807, 2.05) is 6.07 Å². The molecule has 0 spiro atoms. The number of H-pyrrole nitrogens is 1. The van der Waals surface area contributed by atoms with Crippen molar-refractivity contribution in [2.24, 2.45) is 0 Å². The van der Waals surface area contributed by atoms with Crippen molar-refractivity contribution in [1.82, 2.24) is 20.2 Å². The van der Waals surface area contributed by atoms with Gasteiger partial charge < -0.3 is 10.6 Å². The molecule has 0 unspecified atom stereocenters. The summed E-state index contributed by atoms with van der Waals surface area (Å²) in [7, 11) is 0. The quantitative estimate of drug-likeness (QED) is 0.383. The van der Waals surface area contributed by atoms with Gasteiger partial charge in [0.25, 0.3) is 11.5 Å². The van der Waals surface area contributed by atoms with E-state index in [-0.39, 0.29) is 17.3 Å². The monoisotopic (exact) mass is 474 g/mol. The topological polar surface area (TPSA) is 113 Å². The van der Waals surface area contributed by atoms with Gasteiger partial charge in [0.2, 0.25) is 0 Å². The number of amides is 1. The second-order valence-corrected chi connectivity index (χ2v) is 9.59. The lowest BCUT2D eigenvalue weighted by atomic mass is 9.99. The first-order chi connectivity index (χ1) is 16.5. The molecule has 3 N–H and O–H groups in total. The third-order valence-electron chi connectivity index (χ3n) is 6.42. The lowest BCUT2D eigenvalue weighted by Gasteiger charge is -2.09. The van der Waals surface area contributed by atoms with E-state index in [0.29, 0.717) is 33.8 Å². The van der Waals surface area contributed by atoms with Gasteiger partial charge in [0.05, 0.1) is 16.3 Å². The van der Waals surface area contributed by atoms with Crippen molar-refractivity contribution in [3.63, 3.8) is 0 Å². The number of hydrogen-bond acceptors (Lipinski definition) is 7. The van der Waals surface area contributed by atoms with Crippen molar-refractivity contribution in [2.75, 3.05) is 10.6 Å². The molecule has 3 heterocycles. The predicted molar refractivity (Wildman–Crippen MR) is 127 cm³/mol. The van der Waals surface area contributed by atoms with Crippen LogP contribution in [-0.2, 0) is 0 Å². The predicted octanol–water partition coefficient (Wildman–Crippen LogP) is 4.79. The summed E-state index contributed by atoms with van der Waals surface area (Å²) in [6, 6.07) is 9.44. The van der Waals surface area contributed by atoms with Crippen molar-refractivity contribution >= 4 is 34.4 Å². The van der Waals surface area contributed by atoms with E-state index < -0.39 is 11.4 Å².